The maximum absolute atomic E-state index is 12.7. The molecule has 18 heavy (non-hydrogen) atoms. The topological polar surface area (TPSA) is 29.1 Å². The molecule has 1 heterocycles. The van der Waals surface area contributed by atoms with E-state index in [-0.39, 0.29) is 17.6 Å². The van der Waals surface area contributed by atoms with E-state index in [1.54, 1.807) is 12.1 Å². The van der Waals surface area contributed by atoms with Crippen molar-refractivity contribution in [1.82, 2.24) is 5.32 Å². The molecule has 1 amide bonds. The van der Waals surface area contributed by atoms with E-state index < -0.39 is 0 Å². The van der Waals surface area contributed by atoms with Gasteiger partial charge in [-0.2, -0.15) is 11.8 Å². The lowest BCUT2D eigenvalue weighted by Crippen LogP contribution is -2.34. The Morgan fingerprint density at radius 1 is 1.39 bits per heavy atom. The third kappa shape index (κ3) is 4.02. The summed E-state index contributed by atoms with van der Waals surface area (Å²) in [5, 5.41) is 2.97. The number of hydrogen-bond acceptors (Lipinski definition) is 2. The minimum absolute atomic E-state index is 0.171. The van der Waals surface area contributed by atoms with E-state index in [1.807, 2.05) is 11.8 Å². The lowest BCUT2D eigenvalue weighted by molar-refractivity contribution is -0.124. The van der Waals surface area contributed by atoms with Crippen LogP contribution < -0.4 is 5.32 Å². The van der Waals surface area contributed by atoms with Crippen LogP contribution in [-0.4, -0.2) is 24.0 Å². The first kappa shape index (κ1) is 13.4. The van der Waals surface area contributed by atoms with E-state index in [9.17, 15) is 9.18 Å². The third-order valence-corrected chi connectivity index (χ3v) is 4.37. The van der Waals surface area contributed by atoms with Crippen LogP contribution in [-0.2, 0) is 11.2 Å². The van der Waals surface area contributed by atoms with E-state index in [0.717, 1.165) is 30.6 Å². The highest BCUT2D eigenvalue weighted by atomic mass is 32.2. The van der Waals surface area contributed by atoms with Gasteiger partial charge in [0.25, 0.3) is 0 Å². The zero-order chi connectivity index (χ0) is 12.8. The van der Waals surface area contributed by atoms with Crippen LogP contribution in [0.5, 0.6) is 0 Å². The molecule has 0 spiro atoms. The van der Waals surface area contributed by atoms with E-state index >= 15 is 0 Å². The van der Waals surface area contributed by atoms with Gasteiger partial charge in [0, 0.05) is 18.2 Å². The standard InChI is InChI=1S/C14H18FNOS/c15-13-5-3-11(4-6-13)7-8-16-14(17)12-2-1-9-18-10-12/h3-6,12H,1-2,7-10H2,(H,16,17). The van der Waals surface area contributed by atoms with Crippen LogP contribution in [0.4, 0.5) is 4.39 Å². The van der Waals surface area contributed by atoms with Crippen molar-refractivity contribution < 1.29 is 9.18 Å². The SMILES string of the molecule is O=C(NCCc1ccc(F)cc1)C1CCCSC1. The Kier molecular flexibility index (Phi) is 5.05. The molecule has 2 nitrogen and oxygen atoms in total. The molecule has 0 bridgehead atoms. The first-order valence-electron chi connectivity index (χ1n) is 6.35. The molecule has 0 aliphatic carbocycles. The predicted octanol–water partition coefficient (Wildman–Crippen LogP) is 2.63. The maximum atomic E-state index is 12.7. The van der Waals surface area contributed by atoms with Gasteiger partial charge < -0.3 is 5.32 Å². The number of benzene rings is 1. The predicted molar refractivity (Wildman–Crippen MR) is 73.2 cm³/mol. The van der Waals surface area contributed by atoms with Crippen LogP contribution in [0.2, 0.25) is 0 Å². The van der Waals surface area contributed by atoms with Crippen LogP contribution in [0.25, 0.3) is 0 Å². The molecular formula is C14H18FNOS. The van der Waals surface area contributed by atoms with Crippen LogP contribution in [0.3, 0.4) is 0 Å². The van der Waals surface area contributed by atoms with Gasteiger partial charge in [0.05, 0.1) is 0 Å². The highest BCUT2D eigenvalue weighted by Crippen LogP contribution is 2.22. The fraction of sp³-hybridized carbons (Fsp3) is 0.500. The summed E-state index contributed by atoms with van der Waals surface area (Å²) in [5.74, 6) is 2.25. The van der Waals surface area contributed by atoms with Gasteiger partial charge in [-0.15, -0.1) is 0 Å². The molecule has 98 valence electrons. The van der Waals surface area contributed by atoms with Crippen LogP contribution >= 0.6 is 11.8 Å². The Balaban J connectivity index is 1.71. The van der Waals surface area contributed by atoms with Gasteiger partial charge in [0.1, 0.15) is 5.82 Å². The molecule has 1 aliphatic heterocycles. The molecule has 1 N–H and O–H groups in total. The van der Waals surface area contributed by atoms with Crippen molar-refractivity contribution in [1.29, 1.82) is 0 Å². The number of rotatable bonds is 4. The number of carbonyl (C=O) groups excluding carboxylic acids is 1. The smallest absolute Gasteiger partial charge is 0.223 e. The zero-order valence-corrected chi connectivity index (χ0v) is 11.1. The summed E-state index contributed by atoms with van der Waals surface area (Å²) in [7, 11) is 0. The van der Waals surface area contributed by atoms with Gasteiger partial charge in [0.15, 0.2) is 0 Å². The van der Waals surface area contributed by atoms with Crippen LogP contribution in [0.1, 0.15) is 18.4 Å². The average Bonchev–Trinajstić information content (AvgIpc) is 2.42. The molecule has 0 saturated carbocycles. The van der Waals surface area contributed by atoms with Gasteiger partial charge in [-0.25, -0.2) is 4.39 Å². The number of amides is 1. The van der Waals surface area contributed by atoms with Crippen molar-refractivity contribution in [3.63, 3.8) is 0 Å². The highest BCUT2D eigenvalue weighted by molar-refractivity contribution is 7.99. The van der Waals surface area contributed by atoms with Crippen molar-refractivity contribution in [3.05, 3.63) is 35.6 Å². The van der Waals surface area contributed by atoms with Gasteiger partial charge in [-0.05, 0) is 42.7 Å². The van der Waals surface area contributed by atoms with E-state index in [0.29, 0.717) is 6.54 Å². The summed E-state index contributed by atoms with van der Waals surface area (Å²) in [6.45, 7) is 0.631. The highest BCUT2D eigenvalue weighted by Gasteiger charge is 2.20. The summed E-state index contributed by atoms with van der Waals surface area (Å²) in [6, 6.07) is 6.43. The van der Waals surface area contributed by atoms with Gasteiger partial charge in [-0.3, -0.25) is 4.79 Å². The monoisotopic (exact) mass is 267 g/mol. The molecule has 1 aromatic rings. The minimum Gasteiger partial charge on any atom is -0.356 e. The van der Waals surface area contributed by atoms with E-state index in [2.05, 4.69) is 5.32 Å². The lowest BCUT2D eigenvalue weighted by Gasteiger charge is -2.20. The second-order valence-corrected chi connectivity index (χ2v) is 5.73. The van der Waals surface area contributed by atoms with Crippen LogP contribution in [0, 0.1) is 11.7 Å². The summed E-state index contributed by atoms with van der Waals surface area (Å²) in [4.78, 5) is 11.9. The van der Waals surface area contributed by atoms with E-state index in [1.165, 1.54) is 17.9 Å². The molecule has 0 aromatic heterocycles. The molecule has 4 heteroatoms. The van der Waals surface area contributed by atoms with Crippen LogP contribution in [0.15, 0.2) is 24.3 Å². The first-order chi connectivity index (χ1) is 8.75. The fourth-order valence-corrected chi connectivity index (χ4v) is 3.21. The number of halogens is 1. The van der Waals surface area contributed by atoms with Gasteiger partial charge in [-0.1, -0.05) is 12.1 Å². The third-order valence-electron chi connectivity index (χ3n) is 3.16. The minimum atomic E-state index is -0.220. The number of carbonyl (C=O) groups is 1. The number of thioether (sulfide) groups is 1. The lowest BCUT2D eigenvalue weighted by atomic mass is 10.0. The molecule has 1 aromatic carbocycles. The van der Waals surface area contributed by atoms with Crippen molar-refractivity contribution >= 4 is 17.7 Å². The quantitative estimate of drug-likeness (QED) is 0.908. The molecular weight excluding hydrogens is 249 g/mol. The van der Waals surface area contributed by atoms with Crippen molar-refractivity contribution in [2.24, 2.45) is 5.92 Å². The fourth-order valence-electron chi connectivity index (χ4n) is 2.07. The van der Waals surface area contributed by atoms with Gasteiger partial charge >= 0.3 is 0 Å². The van der Waals surface area contributed by atoms with E-state index in [4.69, 9.17) is 0 Å². The second kappa shape index (κ2) is 6.78. The molecule has 1 unspecified atom stereocenters. The van der Waals surface area contributed by atoms with Crippen molar-refractivity contribution in [2.75, 3.05) is 18.1 Å². The van der Waals surface area contributed by atoms with Crippen molar-refractivity contribution in [3.8, 4) is 0 Å². The second-order valence-electron chi connectivity index (χ2n) is 4.58. The van der Waals surface area contributed by atoms with Crippen molar-refractivity contribution in [2.45, 2.75) is 19.3 Å². The molecule has 1 atom stereocenters. The number of nitrogens with one attached hydrogen (secondary N) is 1. The Bertz CT molecular complexity index is 387. The Morgan fingerprint density at radius 3 is 2.83 bits per heavy atom. The summed E-state index contributed by atoms with van der Waals surface area (Å²) >= 11 is 1.86. The zero-order valence-electron chi connectivity index (χ0n) is 10.3. The molecule has 1 fully saturated rings. The Labute approximate surface area is 111 Å². The Hall–Kier alpha value is -1.03. The Morgan fingerprint density at radius 2 is 2.17 bits per heavy atom. The molecule has 0 radical (unpaired) electrons. The average molecular weight is 267 g/mol. The van der Waals surface area contributed by atoms with Gasteiger partial charge in [0.2, 0.25) is 5.91 Å². The maximum Gasteiger partial charge on any atom is 0.223 e. The first-order valence-corrected chi connectivity index (χ1v) is 7.51. The molecule has 1 aliphatic rings. The number of hydrogen-bond donors (Lipinski definition) is 1. The largest absolute Gasteiger partial charge is 0.356 e. The summed E-state index contributed by atoms with van der Waals surface area (Å²) in [5.41, 5.74) is 1.05. The molecule has 2 rings (SSSR count). The summed E-state index contributed by atoms with van der Waals surface area (Å²) in [6.07, 6.45) is 2.90. The normalized spacial score (nSPS) is 19.5. The summed E-state index contributed by atoms with van der Waals surface area (Å²) < 4.78 is 12.7. The molecule has 1 saturated heterocycles.